The number of nitrogens with one attached hydrogen (secondary N) is 1. The van der Waals surface area contributed by atoms with Crippen LogP contribution in [0.3, 0.4) is 0 Å². The summed E-state index contributed by atoms with van der Waals surface area (Å²) in [6.45, 7) is 15.6. The largest absolute Gasteiger partial charge is 0.381 e. The zero-order valence-corrected chi connectivity index (χ0v) is 13.8. The van der Waals surface area contributed by atoms with E-state index in [2.05, 4.69) is 39.9 Å². The van der Waals surface area contributed by atoms with Gasteiger partial charge in [-0.1, -0.05) is 27.7 Å². The van der Waals surface area contributed by atoms with Crippen LogP contribution in [0.1, 0.15) is 66.7 Å². The average Bonchev–Trinajstić information content (AvgIpc) is 2.36. The van der Waals surface area contributed by atoms with Gasteiger partial charge in [-0.3, -0.25) is 0 Å². The number of hydrogen-bond acceptors (Lipinski definition) is 2. The average molecular weight is 269 g/mol. The predicted molar refractivity (Wildman–Crippen MR) is 83.5 cm³/mol. The molecule has 19 heavy (non-hydrogen) atoms. The Kier molecular flexibility index (Phi) is 6.82. The SMILES string of the molecule is CCCNCC1(COCC)CCC(C(C)(C)C)CC1. The molecule has 0 bridgehead atoms. The first-order valence-corrected chi connectivity index (χ1v) is 8.22. The van der Waals surface area contributed by atoms with Crippen LogP contribution >= 0.6 is 0 Å². The molecule has 0 saturated heterocycles. The quantitative estimate of drug-likeness (QED) is 0.698. The maximum Gasteiger partial charge on any atom is 0.0534 e. The van der Waals surface area contributed by atoms with Gasteiger partial charge in [-0.2, -0.15) is 0 Å². The van der Waals surface area contributed by atoms with Crippen molar-refractivity contribution < 1.29 is 4.74 Å². The molecule has 0 aromatic heterocycles. The van der Waals surface area contributed by atoms with Crippen molar-refractivity contribution in [3.8, 4) is 0 Å². The van der Waals surface area contributed by atoms with Gasteiger partial charge < -0.3 is 10.1 Å². The second kappa shape index (κ2) is 7.64. The molecule has 0 heterocycles. The summed E-state index contributed by atoms with van der Waals surface area (Å²) >= 11 is 0. The lowest BCUT2D eigenvalue weighted by molar-refractivity contribution is 0.00120. The monoisotopic (exact) mass is 269 g/mol. The van der Waals surface area contributed by atoms with E-state index in [1.807, 2.05) is 0 Å². The van der Waals surface area contributed by atoms with Gasteiger partial charge in [0, 0.05) is 18.6 Å². The summed E-state index contributed by atoms with van der Waals surface area (Å²) in [5.41, 5.74) is 0.863. The summed E-state index contributed by atoms with van der Waals surface area (Å²) < 4.78 is 5.79. The summed E-state index contributed by atoms with van der Waals surface area (Å²) in [4.78, 5) is 0. The maximum atomic E-state index is 5.79. The number of hydrogen-bond donors (Lipinski definition) is 1. The van der Waals surface area contributed by atoms with Crippen LogP contribution in [0.25, 0.3) is 0 Å². The maximum absolute atomic E-state index is 5.79. The fourth-order valence-corrected chi connectivity index (χ4v) is 3.32. The number of rotatable bonds is 7. The Morgan fingerprint density at radius 3 is 2.26 bits per heavy atom. The Balaban J connectivity index is 2.53. The van der Waals surface area contributed by atoms with E-state index in [0.717, 1.165) is 32.2 Å². The molecule has 0 aromatic carbocycles. The van der Waals surface area contributed by atoms with Crippen LogP contribution in [0.15, 0.2) is 0 Å². The fourth-order valence-electron chi connectivity index (χ4n) is 3.32. The van der Waals surface area contributed by atoms with Crippen LogP contribution in [0.5, 0.6) is 0 Å². The fraction of sp³-hybridized carbons (Fsp3) is 1.00. The first-order chi connectivity index (χ1) is 8.93. The Hall–Kier alpha value is -0.0800. The van der Waals surface area contributed by atoms with E-state index in [1.54, 1.807) is 0 Å². The van der Waals surface area contributed by atoms with Gasteiger partial charge in [0.2, 0.25) is 0 Å². The third-order valence-electron chi connectivity index (χ3n) is 4.81. The lowest BCUT2D eigenvalue weighted by atomic mass is 9.64. The minimum absolute atomic E-state index is 0.396. The minimum atomic E-state index is 0.396. The summed E-state index contributed by atoms with van der Waals surface area (Å²) in [5, 5.41) is 3.63. The van der Waals surface area contributed by atoms with Gasteiger partial charge in [0.1, 0.15) is 0 Å². The Labute approximate surface area is 120 Å². The summed E-state index contributed by atoms with van der Waals surface area (Å²) in [5.74, 6) is 0.883. The van der Waals surface area contributed by atoms with Crippen LogP contribution in [0.2, 0.25) is 0 Å². The standard InChI is InChI=1S/C17H35NO/c1-6-12-18-13-17(14-19-7-2)10-8-15(9-11-17)16(3,4)5/h15,18H,6-14H2,1-5H3. The van der Waals surface area contributed by atoms with E-state index < -0.39 is 0 Å². The molecule has 0 radical (unpaired) electrons. The van der Waals surface area contributed by atoms with E-state index >= 15 is 0 Å². The molecule has 114 valence electrons. The second-order valence-corrected chi connectivity index (χ2v) is 7.45. The molecule has 0 spiro atoms. The molecule has 0 aromatic rings. The van der Waals surface area contributed by atoms with Gasteiger partial charge in [0.25, 0.3) is 0 Å². The van der Waals surface area contributed by atoms with Crippen molar-refractivity contribution >= 4 is 0 Å². The van der Waals surface area contributed by atoms with Crippen molar-refractivity contribution in [1.29, 1.82) is 0 Å². The highest BCUT2D eigenvalue weighted by Crippen LogP contribution is 2.45. The van der Waals surface area contributed by atoms with Crippen molar-refractivity contribution in [3.63, 3.8) is 0 Å². The molecule has 1 rings (SSSR count). The topological polar surface area (TPSA) is 21.3 Å². The van der Waals surface area contributed by atoms with Gasteiger partial charge in [0.15, 0.2) is 0 Å². The van der Waals surface area contributed by atoms with Crippen LogP contribution in [0, 0.1) is 16.7 Å². The molecule has 2 heteroatoms. The summed E-state index contributed by atoms with van der Waals surface area (Å²) in [7, 11) is 0. The highest BCUT2D eigenvalue weighted by molar-refractivity contribution is 4.90. The molecule has 1 aliphatic rings. The van der Waals surface area contributed by atoms with Gasteiger partial charge in [0.05, 0.1) is 6.61 Å². The molecule has 0 aliphatic heterocycles. The van der Waals surface area contributed by atoms with Crippen LogP contribution in [0.4, 0.5) is 0 Å². The van der Waals surface area contributed by atoms with E-state index in [0.29, 0.717) is 10.8 Å². The van der Waals surface area contributed by atoms with Crippen molar-refractivity contribution in [3.05, 3.63) is 0 Å². The molecule has 1 fully saturated rings. The molecule has 0 amide bonds. The zero-order valence-electron chi connectivity index (χ0n) is 13.8. The van der Waals surface area contributed by atoms with E-state index in [-0.39, 0.29) is 0 Å². The van der Waals surface area contributed by atoms with Crippen molar-refractivity contribution in [2.24, 2.45) is 16.7 Å². The van der Waals surface area contributed by atoms with Crippen molar-refractivity contribution in [1.82, 2.24) is 5.32 Å². The third-order valence-corrected chi connectivity index (χ3v) is 4.81. The van der Waals surface area contributed by atoms with Gasteiger partial charge in [-0.25, -0.2) is 0 Å². The molecule has 0 unspecified atom stereocenters. The first kappa shape index (κ1) is 17.0. The third kappa shape index (κ3) is 5.43. The van der Waals surface area contributed by atoms with E-state index in [9.17, 15) is 0 Å². The van der Waals surface area contributed by atoms with Gasteiger partial charge in [-0.05, 0) is 56.9 Å². The minimum Gasteiger partial charge on any atom is -0.381 e. The molecular formula is C17H35NO. The van der Waals surface area contributed by atoms with Crippen LogP contribution < -0.4 is 5.32 Å². The highest BCUT2D eigenvalue weighted by Gasteiger charge is 2.38. The normalized spacial score (nSPS) is 28.6. The van der Waals surface area contributed by atoms with E-state index in [4.69, 9.17) is 4.74 Å². The van der Waals surface area contributed by atoms with Crippen LogP contribution in [-0.2, 0) is 4.74 Å². The molecule has 1 saturated carbocycles. The summed E-state index contributed by atoms with van der Waals surface area (Å²) in [6, 6.07) is 0. The van der Waals surface area contributed by atoms with Crippen molar-refractivity contribution in [2.45, 2.75) is 66.7 Å². The highest BCUT2D eigenvalue weighted by atomic mass is 16.5. The predicted octanol–water partition coefficient (Wildman–Crippen LogP) is 4.25. The lowest BCUT2D eigenvalue weighted by Crippen LogP contribution is -2.43. The van der Waals surface area contributed by atoms with E-state index in [1.165, 1.54) is 32.1 Å². The Bertz CT molecular complexity index is 236. The molecular weight excluding hydrogens is 234 g/mol. The molecule has 1 aliphatic carbocycles. The van der Waals surface area contributed by atoms with Gasteiger partial charge >= 0.3 is 0 Å². The Morgan fingerprint density at radius 2 is 1.79 bits per heavy atom. The molecule has 0 atom stereocenters. The smallest absolute Gasteiger partial charge is 0.0534 e. The van der Waals surface area contributed by atoms with Crippen LogP contribution in [-0.4, -0.2) is 26.3 Å². The molecule has 2 nitrogen and oxygen atoms in total. The summed E-state index contributed by atoms with van der Waals surface area (Å²) in [6.07, 6.45) is 6.60. The Morgan fingerprint density at radius 1 is 1.16 bits per heavy atom. The second-order valence-electron chi connectivity index (χ2n) is 7.45. The molecule has 1 N–H and O–H groups in total. The van der Waals surface area contributed by atoms with Crippen molar-refractivity contribution in [2.75, 3.05) is 26.3 Å². The first-order valence-electron chi connectivity index (χ1n) is 8.22. The zero-order chi connectivity index (χ0) is 14.4. The number of ether oxygens (including phenoxy) is 1. The van der Waals surface area contributed by atoms with Gasteiger partial charge in [-0.15, -0.1) is 0 Å². The lowest BCUT2D eigenvalue weighted by Gasteiger charge is -2.44.